The molecule has 2 aromatic heterocycles. The second kappa shape index (κ2) is 9.90. The lowest BCUT2D eigenvalue weighted by Gasteiger charge is -2.29. The van der Waals surface area contributed by atoms with Gasteiger partial charge >= 0.3 is 0 Å². The largest absolute Gasteiger partial charge is 0.487 e. The van der Waals surface area contributed by atoms with Crippen LogP contribution in [0.4, 0.5) is 0 Å². The van der Waals surface area contributed by atoms with Crippen LogP contribution in [-0.4, -0.2) is 33.4 Å². The van der Waals surface area contributed by atoms with Gasteiger partial charge in [-0.1, -0.05) is 12.1 Å². The summed E-state index contributed by atoms with van der Waals surface area (Å²) in [6, 6.07) is 12.8. The summed E-state index contributed by atoms with van der Waals surface area (Å²) < 4.78 is 7.91. The van der Waals surface area contributed by atoms with Gasteiger partial charge < -0.3 is 19.8 Å². The van der Waals surface area contributed by atoms with E-state index in [-0.39, 0.29) is 36.8 Å². The molecule has 2 atom stereocenters. The van der Waals surface area contributed by atoms with E-state index >= 15 is 0 Å². The fourth-order valence-electron chi connectivity index (χ4n) is 4.55. The third-order valence-electron chi connectivity index (χ3n) is 5.94. The second-order valence-corrected chi connectivity index (χ2v) is 8.30. The van der Waals surface area contributed by atoms with E-state index in [2.05, 4.69) is 22.5 Å². The van der Waals surface area contributed by atoms with Crippen molar-refractivity contribution in [1.82, 2.24) is 20.0 Å². The molecule has 0 saturated carbocycles. The number of pyridine rings is 1. The van der Waals surface area contributed by atoms with Crippen molar-refractivity contribution in [2.24, 2.45) is 0 Å². The number of piperidine rings is 1. The number of rotatable bonds is 5. The number of benzene rings is 1. The summed E-state index contributed by atoms with van der Waals surface area (Å²) in [5.41, 5.74) is 3.58. The lowest BCUT2D eigenvalue weighted by Crippen LogP contribution is -2.48. The van der Waals surface area contributed by atoms with Crippen LogP contribution >= 0.6 is 24.8 Å². The summed E-state index contributed by atoms with van der Waals surface area (Å²) in [6.07, 6.45) is 8.51. The van der Waals surface area contributed by atoms with Gasteiger partial charge in [0.2, 0.25) is 0 Å². The molecule has 1 amide bonds. The van der Waals surface area contributed by atoms with E-state index in [9.17, 15) is 4.79 Å². The predicted molar refractivity (Wildman–Crippen MR) is 126 cm³/mol. The maximum atomic E-state index is 12.7. The Morgan fingerprint density at radius 2 is 1.94 bits per heavy atom. The topological polar surface area (TPSA) is 67.7 Å². The Hall–Kier alpha value is -2.28. The number of aryl methyl sites for hydroxylation is 1. The number of amides is 1. The molecule has 6 nitrogen and oxygen atoms in total. The molecule has 0 spiro atoms. The Bertz CT molecular complexity index is 1040. The number of carbonyl (C=O) groups is 1. The molecular formula is C23H28Cl2N4O2. The fraction of sp³-hybridized carbons (Fsp3) is 0.391. The Labute approximate surface area is 194 Å². The van der Waals surface area contributed by atoms with Crippen molar-refractivity contribution in [2.45, 2.75) is 57.3 Å². The molecule has 8 heteroatoms. The molecule has 0 aliphatic carbocycles. The third-order valence-corrected chi connectivity index (χ3v) is 5.94. The number of imidazole rings is 1. The number of hydrogen-bond acceptors (Lipinski definition) is 4. The normalized spacial score (nSPS) is 21.8. The van der Waals surface area contributed by atoms with Gasteiger partial charge in [0.15, 0.2) is 0 Å². The predicted octanol–water partition coefficient (Wildman–Crippen LogP) is 4.08. The highest BCUT2D eigenvalue weighted by Gasteiger charge is 2.34. The minimum atomic E-state index is -0.0232. The van der Waals surface area contributed by atoms with Gasteiger partial charge in [-0.2, -0.15) is 0 Å². The molecule has 4 heterocycles. The summed E-state index contributed by atoms with van der Waals surface area (Å²) in [5.74, 6) is 0.654. The highest BCUT2D eigenvalue weighted by Crippen LogP contribution is 2.27. The van der Waals surface area contributed by atoms with Gasteiger partial charge in [-0.15, -0.1) is 24.8 Å². The van der Waals surface area contributed by atoms with E-state index in [1.165, 1.54) is 18.4 Å². The summed E-state index contributed by atoms with van der Waals surface area (Å²) >= 11 is 0. The maximum absolute atomic E-state index is 12.7. The monoisotopic (exact) mass is 462 g/mol. The van der Waals surface area contributed by atoms with Crippen LogP contribution in [0.3, 0.4) is 0 Å². The molecular weight excluding hydrogens is 435 g/mol. The molecule has 2 fully saturated rings. The lowest BCUT2D eigenvalue weighted by molar-refractivity contribution is 0.0923. The Kier molecular flexibility index (Phi) is 7.46. The van der Waals surface area contributed by atoms with E-state index in [0.717, 1.165) is 24.2 Å². The molecule has 1 aromatic carbocycles. The van der Waals surface area contributed by atoms with E-state index in [1.54, 1.807) is 0 Å². The van der Waals surface area contributed by atoms with E-state index in [4.69, 9.17) is 4.74 Å². The van der Waals surface area contributed by atoms with Crippen molar-refractivity contribution < 1.29 is 9.53 Å². The van der Waals surface area contributed by atoms with Crippen molar-refractivity contribution in [2.75, 3.05) is 0 Å². The van der Waals surface area contributed by atoms with Crippen molar-refractivity contribution in [1.29, 1.82) is 0 Å². The first-order valence-corrected chi connectivity index (χ1v) is 10.4. The molecule has 2 N–H and O–H groups in total. The fourth-order valence-corrected chi connectivity index (χ4v) is 4.55. The number of ether oxygens (including phenoxy) is 1. The van der Waals surface area contributed by atoms with Crippen LogP contribution in [0, 0.1) is 6.92 Å². The first-order valence-electron chi connectivity index (χ1n) is 10.4. The van der Waals surface area contributed by atoms with Crippen LogP contribution < -0.4 is 15.4 Å². The van der Waals surface area contributed by atoms with Gasteiger partial charge in [-0.3, -0.25) is 4.79 Å². The van der Waals surface area contributed by atoms with E-state index in [1.807, 2.05) is 53.2 Å². The molecule has 2 aliphatic rings. The van der Waals surface area contributed by atoms with E-state index < -0.39 is 0 Å². The SMILES string of the molecule is Cc1ccc2nc(COc3cccc(C(=O)NC4CC5CCC(C4)N5)c3)cn2c1.Cl.Cl. The molecule has 166 valence electrons. The standard InChI is InChI=1S/C23H26N4O2.2ClH/c1-15-5-8-22-25-20(13-27(22)12-15)14-29-21-4-2-3-16(9-21)23(28)26-19-10-17-6-7-18(11-19)24-17;;/h2-5,8-9,12-13,17-19,24H,6-7,10-11,14H2,1H3,(H,26,28);2*1H. The summed E-state index contributed by atoms with van der Waals surface area (Å²) in [5, 5.41) is 6.82. The molecule has 2 unspecified atom stereocenters. The first kappa shape index (κ1) is 23.4. The summed E-state index contributed by atoms with van der Waals surface area (Å²) in [7, 11) is 0. The van der Waals surface area contributed by atoms with Crippen LogP contribution in [0.5, 0.6) is 5.75 Å². The average molecular weight is 463 g/mol. The van der Waals surface area contributed by atoms with Crippen LogP contribution in [0.2, 0.25) is 0 Å². The van der Waals surface area contributed by atoms with Crippen molar-refractivity contribution in [3.05, 3.63) is 65.6 Å². The number of aromatic nitrogens is 2. The Balaban J connectivity index is 0.00000136. The minimum Gasteiger partial charge on any atom is -0.487 e. The van der Waals surface area contributed by atoms with Gasteiger partial charge in [0, 0.05) is 36.1 Å². The van der Waals surface area contributed by atoms with E-state index in [0.29, 0.717) is 30.0 Å². The zero-order valence-electron chi connectivity index (χ0n) is 17.4. The lowest BCUT2D eigenvalue weighted by atomic mass is 9.99. The Morgan fingerprint density at radius 3 is 2.71 bits per heavy atom. The maximum Gasteiger partial charge on any atom is 0.251 e. The quantitative estimate of drug-likeness (QED) is 0.599. The molecule has 31 heavy (non-hydrogen) atoms. The zero-order chi connectivity index (χ0) is 19.8. The average Bonchev–Trinajstić information content (AvgIpc) is 3.28. The number of hydrogen-bond donors (Lipinski definition) is 2. The zero-order valence-corrected chi connectivity index (χ0v) is 19.0. The molecule has 0 radical (unpaired) electrons. The molecule has 5 rings (SSSR count). The van der Waals surface area contributed by atoms with Crippen molar-refractivity contribution in [3.63, 3.8) is 0 Å². The Morgan fingerprint density at radius 1 is 1.16 bits per heavy atom. The van der Waals surface area contributed by atoms with Crippen LogP contribution in [0.25, 0.3) is 5.65 Å². The second-order valence-electron chi connectivity index (χ2n) is 8.30. The van der Waals surface area contributed by atoms with Gasteiger partial charge in [0.25, 0.3) is 5.91 Å². The van der Waals surface area contributed by atoms with Gasteiger partial charge in [-0.25, -0.2) is 4.98 Å². The van der Waals surface area contributed by atoms with Crippen LogP contribution in [0.1, 0.15) is 47.3 Å². The van der Waals surface area contributed by atoms with Crippen molar-refractivity contribution >= 4 is 36.4 Å². The molecule has 2 saturated heterocycles. The highest BCUT2D eigenvalue weighted by molar-refractivity contribution is 5.94. The van der Waals surface area contributed by atoms with Gasteiger partial charge in [0.05, 0.1) is 5.69 Å². The highest BCUT2D eigenvalue weighted by atomic mass is 35.5. The number of nitrogens with one attached hydrogen (secondary N) is 2. The van der Waals surface area contributed by atoms with Crippen LogP contribution in [-0.2, 0) is 6.61 Å². The van der Waals surface area contributed by atoms with Crippen LogP contribution in [0.15, 0.2) is 48.8 Å². The van der Waals surface area contributed by atoms with Crippen molar-refractivity contribution in [3.8, 4) is 5.75 Å². The molecule has 2 bridgehead atoms. The summed E-state index contributed by atoms with van der Waals surface area (Å²) in [4.78, 5) is 17.3. The smallest absolute Gasteiger partial charge is 0.251 e. The number of fused-ring (bicyclic) bond motifs is 3. The third kappa shape index (κ3) is 5.32. The minimum absolute atomic E-state index is 0. The van der Waals surface area contributed by atoms with Gasteiger partial charge in [0.1, 0.15) is 18.0 Å². The van der Waals surface area contributed by atoms with Gasteiger partial charge in [-0.05, 0) is 62.4 Å². The number of nitrogens with zero attached hydrogens (tertiary/aromatic N) is 2. The number of halogens is 2. The first-order chi connectivity index (χ1) is 14.1. The number of carbonyl (C=O) groups excluding carboxylic acids is 1. The molecule has 3 aromatic rings. The molecule has 2 aliphatic heterocycles. The summed E-state index contributed by atoms with van der Waals surface area (Å²) in [6.45, 7) is 2.42.